The lowest BCUT2D eigenvalue weighted by atomic mass is 9.93. The number of carbonyl (C=O) groups excluding carboxylic acids is 2. The topological polar surface area (TPSA) is 91.3 Å². The summed E-state index contributed by atoms with van der Waals surface area (Å²) in [6.07, 6.45) is 3.09. The maximum Gasteiger partial charge on any atom is 0.306 e. The number of fused-ring (bicyclic) bond motifs is 2. The average Bonchev–Trinajstić information content (AvgIpc) is 3.76. The van der Waals surface area contributed by atoms with Crippen molar-refractivity contribution in [2.45, 2.75) is 133 Å². The second-order valence-electron chi connectivity index (χ2n) is 13.2. The van der Waals surface area contributed by atoms with Gasteiger partial charge in [0.1, 0.15) is 12.2 Å². The zero-order valence-electron chi connectivity index (χ0n) is 27.8. The van der Waals surface area contributed by atoms with Crippen molar-refractivity contribution < 1.29 is 33.0 Å². The second-order valence-corrected chi connectivity index (χ2v) is 23.7. The van der Waals surface area contributed by atoms with E-state index in [2.05, 4.69) is 71.9 Å². The molecule has 1 aromatic rings. The zero-order valence-corrected chi connectivity index (χ0v) is 30.6. The third-order valence-electron chi connectivity index (χ3n) is 11.4. The maximum atomic E-state index is 11.8. The van der Waals surface area contributed by atoms with Crippen molar-refractivity contribution in [1.82, 2.24) is 0 Å². The molecule has 1 N–H and O–H groups in total. The smallest absolute Gasteiger partial charge is 0.306 e. The number of thioether (sulfide) groups is 1. The highest BCUT2D eigenvalue weighted by atomic mass is 32.2. The van der Waals surface area contributed by atoms with Crippen molar-refractivity contribution in [3.05, 3.63) is 30.3 Å². The van der Waals surface area contributed by atoms with E-state index in [1.54, 1.807) is 0 Å². The molecule has 2 saturated carbocycles. The van der Waals surface area contributed by atoms with Crippen LogP contribution in [0.4, 0.5) is 0 Å². The van der Waals surface area contributed by atoms with E-state index in [1.807, 2.05) is 11.8 Å². The third kappa shape index (κ3) is 8.02. The summed E-state index contributed by atoms with van der Waals surface area (Å²) in [7, 11) is -3.30. The average molecular weight is 665 g/mol. The Morgan fingerprint density at radius 3 is 1.59 bits per heavy atom. The molecule has 248 valence electrons. The number of benzene rings is 1. The minimum absolute atomic E-state index is 0.0202. The van der Waals surface area contributed by atoms with Crippen molar-refractivity contribution in [2.75, 3.05) is 12.4 Å². The van der Waals surface area contributed by atoms with Crippen LogP contribution in [0, 0.1) is 23.7 Å². The van der Waals surface area contributed by atoms with Crippen LogP contribution in [-0.4, -0.2) is 70.5 Å². The van der Waals surface area contributed by atoms with E-state index in [-0.39, 0.29) is 54.8 Å². The Kier molecular flexibility index (Phi) is 13.0. The first-order chi connectivity index (χ1) is 21.2. The van der Waals surface area contributed by atoms with E-state index in [4.69, 9.17) is 18.3 Å². The van der Waals surface area contributed by atoms with Crippen LogP contribution >= 0.6 is 11.8 Å². The number of esters is 2. The zero-order chi connectivity index (χ0) is 31.9. The molecule has 2 aliphatic carbocycles. The van der Waals surface area contributed by atoms with Gasteiger partial charge in [-0.3, -0.25) is 9.59 Å². The van der Waals surface area contributed by atoms with Crippen molar-refractivity contribution in [3.8, 4) is 0 Å². The predicted octanol–water partition coefficient (Wildman–Crippen LogP) is 7.44. The second kappa shape index (κ2) is 16.1. The number of aliphatic hydroxyl groups excluding tert-OH is 1. The molecule has 10 heteroatoms. The number of ether oxygens (including phenoxy) is 2. The number of rotatable bonds is 14. The fourth-order valence-electron chi connectivity index (χ4n) is 8.02. The molecule has 7 nitrogen and oxygen atoms in total. The summed E-state index contributed by atoms with van der Waals surface area (Å²) in [6, 6.07) is 17.4. The molecule has 0 aromatic heterocycles. The van der Waals surface area contributed by atoms with Crippen LogP contribution in [-0.2, 0) is 27.9 Å². The highest BCUT2D eigenvalue weighted by Gasteiger charge is 2.53. The lowest BCUT2D eigenvalue weighted by molar-refractivity contribution is -0.142. The van der Waals surface area contributed by atoms with Gasteiger partial charge in [-0.05, 0) is 48.4 Å². The summed E-state index contributed by atoms with van der Waals surface area (Å²) in [4.78, 5) is 24.4. The van der Waals surface area contributed by atoms with Crippen LogP contribution in [0.2, 0.25) is 36.3 Å². The predicted molar refractivity (Wildman–Crippen MR) is 181 cm³/mol. The van der Waals surface area contributed by atoms with E-state index in [0.29, 0.717) is 24.7 Å². The van der Waals surface area contributed by atoms with Crippen molar-refractivity contribution in [2.24, 2.45) is 23.7 Å². The Bertz CT molecular complexity index is 1050. The monoisotopic (exact) mass is 664 g/mol. The Morgan fingerprint density at radius 2 is 1.16 bits per heavy atom. The Morgan fingerprint density at radius 1 is 0.727 bits per heavy atom. The molecule has 2 saturated heterocycles. The van der Waals surface area contributed by atoms with Crippen molar-refractivity contribution in [1.29, 1.82) is 0 Å². The minimum Gasteiger partial charge on any atom is -0.462 e. The van der Waals surface area contributed by atoms with Gasteiger partial charge >= 0.3 is 11.9 Å². The van der Waals surface area contributed by atoms with Gasteiger partial charge in [-0.15, -0.1) is 11.8 Å². The number of aliphatic hydroxyl groups is 1. The highest BCUT2D eigenvalue weighted by Crippen LogP contribution is 2.47. The van der Waals surface area contributed by atoms with E-state index in [0.717, 1.165) is 36.7 Å². The number of hydrogen-bond acceptors (Lipinski definition) is 8. The van der Waals surface area contributed by atoms with Crippen LogP contribution < -0.4 is 0 Å². The van der Waals surface area contributed by atoms with E-state index < -0.39 is 16.6 Å². The maximum absolute atomic E-state index is 11.8. The largest absolute Gasteiger partial charge is 0.462 e. The number of carbonyl (C=O) groups is 2. The standard InChI is InChI=1S/C20H30O3SSi.C14H26O4Si/c1-4-25(5-2,6-3)23-19-13-18-16(12-20(21)22-18)17(19)14-24-15-10-8-7-9-11-15;1-4-19(5-2,6-3)18-13-8-12-10(11(13)9-15)7-14(16)17-12/h7-11,16-19H,4-6,12-14H2,1-3H3;10-13,15H,4-9H2,1-3H3/t16-,17-,18+,19-;10-,11-,12+,13-/m11/s1. The molecule has 0 amide bonds. The summed E-state index contributed by atoms with van der Waals surface area (Å²) in [5, 5.41) is 9.65. The molecule has 44 heavy (non-hydrogen) atoms. The molecule has 2 aliphatic heterocycles. The molecule has 0 unspecified atom stereocenters. The Labute approximate surface area is 271 Å². The molecular formula is C34H56O7SSi2. The molecular weight excluding hydrogens is 609 g/mol. The Hall–Kier alpha value is -1.18. The molecule has 0 bridgehead atoms. The highest BCUT2D eigenvalue weighted by molar-refractivity contribution is 7.99. The van der Waals surface area contributed by atoms with Gasteiger partial charge in [0.05, 0.1) is 25.0 Å². The van der Waals surface area contributed by atoms with Gasteiger partial charge in [-0.25, -0.2) is 0 Å². The van der Waals surface area contributed by atoms with Crippen LogP contribution in [0.1, 0.15) is 67.2 Å². The summed E-state index contributed by atoms with van der Waals surface area (Å²) >= 11 is 1.89. The fraction of sp³-hybridized carbons (Fsp3) is 0.765. The first-order valence-electron chi connectivity index (χ1n) is 17.2. The van der Waals surface area contributed by atoms with Crippen molar-refractivity contribution >= 4 is 40.3 Å². The SMILES string of the molecule is CC[Si](CC)(CC)O[C@@H]1C[C@@H]2OC(=O)C[C@@H]2[C@H]1CO.CC[Si](CC)(CC)O[C@@H]1C[C@@H]2OC(=O)C[C@@H]2[C@H]1CSc1ccccc1. The van der Waals surface area contributed by atoms with Crippen LogP contribution in [0.15, 0.2) is 35.2 Å². The lowest BCUT2D eigenvalue weighted by Gasteiger charge is -2.35. The Balaban J connectivity index is 0.000000209. The molecule has 1 aromatic carbocycles. The van der Waals surface area contributed by atoms with Gasteiger partial charge in [-0.2, -0.15) is 0 Å². The van der Waals surface area contributed by atoms with Gasteiger partial charge in [-0.1, -0.05) is 59.7 Å². The van der Waals surface area contributed by atoms with Gasteiger partial charge in [0.15, 0.2) is 16.6 Å². The van der Waals surface area contributed by atoms with E-state index >= 15 is 0 Å². The summed E-state index contributed by atoms with van der Waals surface area (Å²) in [5.74, 6) is 1.87. The van der Waals surface area contributed by atoms with Crippen LogP contribution in [0.5, 0.6) is 0 Å². The molecule has 4 aliphatic rings. The third-order valence-corrected chi connectivity index (χ3v) is 21.9. The summed E-state index contributed by atoms with van der Waals surface area (Å²) in [6.45, 7) is 13.6. The lowest BCUT2D eigenvalue weighted by Crippen LogP contribution is -2.42. The molecule has 5 rings (SSSR count). The van der Waals surface area contributed by atoms with Gasteiger partial charge in [0, 0.05) is 53.8 Å². The molecule has 2 heterocycles. The molecule has 0 spiro atoms. The van der Waals surface area contributed by atoms with E-state index in [9.17, 15) is 14.7 Å². The minimum atomic E-state index is -1.66. The number of hydrogen-bond donors (Lipinski definition) is 1. The summed E-state index contributed by atoms with van der Waals surface area (Å²) < 4.78 is 24.3. The van der Waals surface area contributed by atoms with Crippen LogP contribution in [0.3, 0.4) is 0 Å². The molecule has 8 atom stereocenters. The van der Waals surface area contributed by atoms with Gasteiger partial charge in [0.2, 0.25) is 0 Å². The van der Waals surface area contributed by atoms with Gasteiger partial charge in [0.25, 0.3) is 0 Å². The molecule has 0 radical (unpaired) electrons. The summed E-state index contributed by atoms with van der Waals surface area (Å²) in [5.41, 5.74) is 0. The van der Waals surface area contributed by atoms with Crippen molar-refractivity contribution in [3.63, 3.8) is 0 Å². The van der Waals surface area contributed by atoms with Crippen LogP contribution in [0.25, 0.3) is 0 Å². The van der Waals surface area contributed by atoms with E-state index in [1.165, 1.54) is 23.0 Å². The van der Waals surface area contributed by atoms with Gasteiger partial charge < -0.3 is 23.4 Å². The quantitative estimate of drug-likeness (QED) is 0.125. The first-order valence-corrected chi connectivity index (χ1v) is 23.3. The molecule has 4 fully saturated rings. The fourth-order valence-corrected chi connectivity index (χ4v) is 15.0. The normalized spacial score (nSPS) is 31.2. The first kappa shape index (κ1) is 35.7.